The number of benzene rings is 3. The third-order valence-electron chi connectivity index (χ3n) is 4.88. The molecule has 0 radical (unpaired) electrons. The fourth-order valence-electron chi connectivity index (χ4n) is 2.94. The van der Waals surface area contributed by atoms with Crippen LogP contribution >= 0.6 is 0 Å². The average Bonchev–Trinajstić information content (AvgIpc) is 2.71. The molecule has 0 atom stereocenters. The van der Waals surface area contributed by atoms with Crippen LogP contribution in [0.2, 0.25) is 0 Å². The first-order chi connectivity index (χ1) is 14.6. The highest BCUT2D eigenvalue weighted by Crippen LogP contribution is 2.26. The molecule has 0 aliphatic heterocycles. The van der Waals surface area contributed by atoms with Crippen molar-refractivity contribution in [2.45, 2.75) is 25.7 Å². The fraction of sp³-hybridized carbons (Fsp3) is 0.174. The molecule has 3 rings (SSSR count). The molecule has 0 bridgehead atoms. The van der Waals surface area contributed by atoms with Crippen molar-refractivity contribution in [1.82, 2.24) is 0 Å². The van der Waals surface area contributed by atoms with Crippen LogP contribution in [-0.2, 0) is 14.8 Å². The van der Waals surface area contributed by atoms with Gasteiger partial charge in [-0.05, 0) is 68.3 Å². The summed E-state index contributed by atoms with van der Waals surface area (Å²) in [5, 5.41) is 2.31. The van der Waals surface area contributed by atoms with Gasteiger partial charge in [-0.1, -0.05) is 23.8 Å². The second-order valence-corrected chi connectivity index (χ2v) is 9.13. The number of halogens is 2. The molecule has 0 unspecified atom stereocenters. The summed E-state index contributed by atoms with van der Waals surface area (Å²) >= 11 is 0. The number of sulfonamides is 1. The number of amides is 1. The summed E-state index contributed by atoms with van der Waals surface area (Å²) in [6, 6.07) is 14.0. The van der Waals surface area contributed by atoms with Crippen LogP contribution in [0.15, 0.2) is 65.6 Å². The summed E-state index contributed by atoms with van der Waals surface area (Å²) in [4.78, 5) is 12.7. The number of anilines is 2. The number of carbonyl (C=O) groups excluding carboxylic acids is 1. The summed E-state index contributed by atoms with van der Waals surface area (Å²) in [5.41, 5.74) is 2.78. The molecule has 162 valence electrons. The van der Waals surface area contributed by atoms with E-state index in [0.29, 0.717) is 11.8 Å². The van der Waals surface area contributed by atoms with Crippen molar-refractivity contribution >= 4 is 27.3 Å². The van der Waals surface area contributed by atoms with Gasteiger partial charge in [0.05, 0.1) is 16.3 Å². The van der Waals surface area contributed by atoms with E-state index in [2.05, 4.69) is 5.32 Å². The van der Waals surface area contributed by atoms with Crippen LogP contribution in [0.3, 0.4) is 0 Å². The maximum atomic E-state index is 13.9. The van der Waals surface area contributed by atoms with Gasteiger partial charge in [-0.2, -0.15) is 0 Å². The van der Waals surface area contributed by atoms with E-state index >= 15 is 0 Å². The molecule has 0 aliphatic rings. The van der Waals surface area contributed by atoms with Gasteiger partial charge in [0.2, 0.25) is 5.91 Å². The van der Waals surface area contributed by atoms with E-state index in [9.17, 15) is 22.0 Å². The lowest BCUT2D eigenvalue weighted by Gasteiger charge is -2.25. The van der Waals surface area contributed by atoms with Gasteiger partial charge >= 0.3 is 0 Å². The minimum Gasteiger partial charge on any atom is -0.322 e. The van der Waals surface area contributed by atoms with E-state index in [4.69, 9.17) is 0 Å². The van der Waals surface area contributed by atoms with Gasteiger partial charge in [-0.15, -0.1) is 0 Å². The first kappa shape index (κ1) is 22.4. The molecule has 0 aliphatic carbocycles. The number of hydrogen-bond donors (Lipinski definition) is 1. The Morgan fingerprint density at radius 1 is 0.903 bits per heavy atom. The predicted molar refractivity (Wildman–Crippen MR) is 117 cm³/mol. The fourth-order valence-corrected chi connectivity index (χ4v) is 4.36. The Bertz CT molecular complexity index is 1230. The summed E-state index contributed by atoms with van der Waals surface area (Å²) in [5.74, 6) is -2.50. The quantitative estimate of drug-likeness (QED) is 0.598. The zero-order valence-corrected chi connectivity index (χ0v) is 18.1. The van der Waals surface area contributed by atoms with Crippen LogP contribution in [0, 0.1) is 32.4 Å². The largest absolute Gasteiger partial charge is 0.322 e. The highest BCUT2D eigenvalue weighted by Gasteiger charge is 2.27. The smallest absolute Gasteiger partial charge is 0.264 e. The Balaban J connectivity index is 1.98. The molecule has 0 saturated heterocycles. The Morgan fingerprint density at radius 2 is 1.58 bits per heavy atom. The van der Waals surface area contributed by atoms with Crippen molar-refractivity contribution < 1.29 is 22.0 Å². The van der Waals surface area contributed by atoms with Crippen molar-refractivity contribution in [3.63, 3.8) is 0 Å². The van der Waals surface area contributed by atoms with Crippen molar-refractivity contribution in [1.29, 1.82) is 0 Å². The van der Waals surface area contributed by atoms with E-state index in [1.165, 1.54) is 12.1 Å². The number of aryl methyl sites for hydroxylation is 3. The second kappa shape index (κ2) is 8.85. The van der Waals surface area contributed by atoms with E-state index in [-0.39, 0.29) is 10.6 Å². The minimum atomic E-state index is -4.09. The van der Waals surface area contributed by atoms with Gasteiger partial charge < -0.3 is 5.32 Å². The molecule has 1 N–H and O–H groups in total. The molecule has 1 amide bonds. The molecular formula is C23H22F2N2O3S. The van der Waals surface area contributed by atoms with Crippen LogP contribution in [0.25, 0.3) is 0 Å². The first-order valence-corrected chi connectivity index (χ1v) is 10.9. The van der Waals surface area contributed by atoms with Crippen molar-refractivity contribution in [2.75, 3.05) is 16.2 Å². The van der Waals surface area contributed by atoms with Gasteiger partial charge in [0.25, 0.3) is 10.0 Å². The topological polar surface area (TPSA) is 66.5 Å². The van der Waals surface area contributed by atoms with Gasteiger partial charge in [-0.3, -0.25) is 9.10 Å². The van der Waals surface area contributed by atoms with E-state index in [0.717, 1.165) is 33.1 Å². The summed E-state index contributed by atoms with van der Waals surface area (Å²) in [6.45, 7) is 4.98. The Hall–Kier alpha value is -3.26. The second-order valence-electron chi connectivity index (χ2n) is 7.27. The maximum Gasteiger partial charge on any atom is 0.264 e. The van der Waals surface area contributed by atoms with Crippen molar-refractivity contribution in [2.24, 2.45) is 0 Å². The summed E-state index contributed by atoms with van der Waals surface area (Å²) < 4.78 is 54.7. The third-order valence-corrected chi connectivity index (χ3v) is 6.67. The molecule has 5 nitrogen and oxygen atoms in total. The summed E-state index contributed by atoms with van der Waals surface area (Å²) in [7, 11) is -4.09. The molecule has 3 aromatic carbocycles. The highest BCUT2D eigenvalue weighted by atomic mass is 32.2. The zero-order chi connectivity index (χ0) is 22.8. The van der Waals surface area contributed by atoms with E-state index in [1.807, 2.05) is 20.8 Å². The van der Waals surface area contributed by atoms with E-state index < -0.39 is 34.1 Å². The lowest BCUT2D eigenvalue weighted by Crippen LogP contribution is -2.38. The lowest BCUT2D eigenvalue weighted by atomic mass is 10.1. The van der Waals surface area contributed by atoms with Crippen LogP contribution in [-0.4, -0.2) is 20.9 Å². The summed E-state index contributed by atoms with van der Waals surface area (Å²) in [6.07, 6.45) is 0. The molecule has 31 heavy (non-hydrogen) atoms. The number of nitrogens with one attached hydrogen (secondary N) is 1. The molecule has 0 fully saturated rings. The Morgan fingerprint density at radius 3 is 2.19 bits per heavy atom. The number of carbonyl (C=O) groups is 1. The van der Waals surface area contributed by atoms with Crippen LogP contribution in [0.5, 0.6) is 0 Å². The average molecular weight is 445 g/mol. The van der Waals surface area contributed by atoms with Crippen LogP contribution in [0.1, 0.15) is 16.7 Å². The first-order valence-electron chi connectivity index (χ1n) is 9.49. The molecule has 0 spiro atoms. The monoisotopic (exact) mass is 444 g/mol. The normalized spacial score (nSPS) is 11.3. The Labute approximate surface area is 180 Å². The molecule has 0 saturated carbocycles. The zero-order valence-electron chi connectivity index (χ0n) is 17.3. The van der Waals surface area contributed by atoms with Crippen LogP contribution < -0.4 is 9.62 Å². The molecular weight excluding hydrogens is 422 g/mol. The predicted octanol–water partition coefficient (Wildman–Crippen LogP) is 4.72. The van der Waals surface area contributed by atoms with Crippen molar-refractivity contribution in [3.05, 3.63) is 89.0 Å². The molecule has 3 aromatic rings. The molecule has 8 heteroatoms. The SMILES string of the molecule is Cc1ccc(S(=O)(=O)N(CC(=O)Nc2ccc(F)cc2F)c2ccc(C)c(C)c2)cc1. The number of nitrogens with zero attached hydrogens (tertiary/aromatic N) is 1. The third kappa shape index (κ3) is 5.08. The van der Waals surface area contributed by atoms with Crippen LogP contribution in [0.4, 0.5) is 20.2 Å². The molecule has 0 heterocycles. The standard InChI is InChI=1S/C23H22F2N2O3S/c1-15-4-9-20(10-5-15)31(29,30)27(19-8-6-16(2)17(3)12-19)14-23(28)26-22-11-7-18(24)13-21(22)25/h4-13H,14H2,1-3H3,(H,26,28). The van der Waals surface area contributed by atoms with Gasteiger partial charge in [0.1, 0.15) is 18.2 Å². The van der Waals surface area contributed by atoms with Gasteiger partial charge in [0.15, 0.2) is 0 Å². The van der Waals surface area contributed by atoms with Gasteiger partial charge in [0, 0.05) is 6.07 Å². The minimum absolute atomic E-state index is 0.0251. The van der Waals surface area contributed by atoms with Crippen molar-refractivity contribution in [3.8, 4) is 0 Å². The lowest BCUT2D eigenvalue weighted by molar-refractivity contribution is -0.114. The molecule has 0 aromatic heterocycles. The van der Waals surface area contributed by atoms with Gasteiger partial charge in [-0.25, -0.2) is 17.2 Å². The highest BCUT2D eigenvalue weighted by molar-refractivity contribution is 7.92. The number of hydrogen-bond acceptors (Lipinski definition) is 3. The Kier molecular flexibility index (Phi) is 6.40. The maximum absolute atomic E-state index is 13.9. The van der Waals surface area contributed by atoms with E-state index in [1.54, 1.807) is 30.3 Å². The number of rotatable bonds is 6.